The van der Waals surface area contributed by atoms with Crippen molar-refractivity contribution in [1.29, 1.82) is 0 Å². The number of hydrogen-bond acceptors (Lipinski definition) is 1. The average Bonchev–Trinajstić information content (AvgIpc) is 2.78. The molecule has 2 heteroatoms. The third-order valence-corrected chi connectivity index (χ3v) is 3.22. The minimum Gasteiger partial charge on any atom is -0.347 e. The molecule has 19 heavy (non-hydrogen) atoms. The Morgan fingerprint density at radius 1 is 1.32 bits per heavy atom. The number of rotatable bonds is 6. The third-order valence-electron chi connectivity index (χ3n) is 3.22. The van der Waals surface area contributed by atoms with Crippen LogP contribution in [0.25, 0.3) is 10.9 Å². The van der Waals surface area contributed by atoms with Crippen LogP contribution in [-0.2, 0) is 13.1 Å². The highest BCUT2D eigenvalue weighted by molar-refractivity contribution is 5.80. The molecule has 1 aromatic heterocycles. The maximum Gasteiger partial charge on any atom is 0.0483 e. The summed E-state index contributed by atoms with van der Waals surface area (Å²) >= 11 is 0. The Bertz CT molecular complexity index is 572. The van der Waals surface area contributed by atoms with Crippen molar-refractivity contribution in [3.8, 4) is 12.3 Å². The van der Waals surface area contributed by atoms with Crippen molar-refractivity contribution in [2.24, 2.45) is 5.92 Å². The summed E-state index contributed by atoms with van der Waals surface area (Å²) in [7, 11) is 0. The Balaban J connectivity index is 2.11. The lowest BCUT2D eigenvalue weighted by Gasteiger charge is -2.08. The first-order valence-corrected chi connectivity index (χ1v) is 6.92. The monoisotopic (exact) mass is 254 g/mol. The summed E-state index contributed by atoms with van der Waals surface area (Å²) in [5, 5.41) is 4.76. The van der Waals surface area contributed by atoms with E-state index in [4.69, 9.17) is 6.42 Å². The topological polar surface area (TPSA) is 17.0 Å². The summed E-state index contributed by atoms with van der Waals surface area (Å²) in [6.07, 6.45) is 8.24. The number of hydrogen-bond donors (Lipinski definition) is 1. The van der Waals surface area contributed by atoms with E-state index in [1.165, 1.54) is 16.5 Å². The highest BCUT2D eigenvalue weighted by Gasteiger charge is 2.02. The van der Waals surface area contributed by atoms with Gasteiger partial charge in [0, 0.05) is 31.2 Å². The lowest BCUT2D eigenvalue weighted by molar-refractivity contribution is 0.552. The van der Waals surface area contributed by atoms with Crippen LogP contribution in [0.2, 0.25) is 0 Å². The van der Waals surface area contributed by atoms with Crippen molar-refractivity contribution in [3.63, 3.8) is 0 Å². The molecule has 100 valence electrons. The van der Waals surface area contributed by atoms with Gasteiger partial charge in [-0.2, -0.15) is 0 Å². The molecule has 0 saturated heterocycles. The Morgan fingerprint density at radius 2 is 2.16 bits per heavy atom. The van der Waals surface area contributed by atoms with Crippen LogP contribution in [0.15, 0.2) is 30.5 Å². The first-order chi connectivity index (χ1) is 9.20. The predicted molar refractivity (Wildman–Crippen MR) is 81.9 cm³/mol. The van der Waals surface area contributed by atoms with Gasteiger partial charge in [-0.3, -0.25) is 0 Å². The number of nitrogens with zero attached hydrogens (tertiary/aromatic N) is 1. The Labute approximate surface area is 115 Å². The van der Waals surface area contributed by atoms with Gasteiger partial charge in [0.1, 0.15) is 0 Å². The molecular weight excluding hydrogens is 232 g/mol. The molecule has 2 aromatic rings. The SMILES string of the molecule is C#CCCn1ccc2ccc(CNCC(C)C)cc21. The van der Waals surface area contributed by atoms with Crippen LogP contribution in [0.1, 0.15) is 25.8 Å². The molecular formula is C17H22N2. The van der Waals surface area contributed by atoms with E-state index in [1.807, 2.05) is 0 Å². The van der Waals surface area contributed by atoms with Crippen LogP contribution in [0.3, 0.4) is 0 Å². The van der Waals surface area contributed by atoms with Crippen molar-refractivity contribution in [3.05, 3.63) is 36.0 Å². The van der Waals surface area contributed by atoms with Crippen molar-refractivity contribution in [2.75, 3.05) is 6.54 Å². The molecule has 0 saturated carbocycles. The van der Waals surface area contributed by atoms with Crippen molar-refractivity contribution >= 4 is 10.9 Å². The zero-order valence-electron chi connectivity index (χ0n) is 11.8. The second-order valence-corrected chi connectivity index (χ2v) is 5.38. The van der Waals surface area contributed by atoms with Crippen LogP contribution >= 0.6 is 0 Å². The lowest BCUT2D eigenvalue weighted by Crippen LogP contribution is -2.18. The molecule has 1 N–H and O–H groups in total. The summed E-state index contributed by atoms with van der Waals surface area (Å²) in [5.41, 5.74) is 2.60. The molecule has 0 atom stereocenters. The van der Waals surface area contributed by atoms with Crippen LogP contribution in [0.5, 0.6) is 0 Å². The number of terminal acetylenes is 1. The molecule has 0 aliphatic rings. The van der Waals surface area contributed by atoms with Gasteiger partial charge in [-0.05, 0) is 35.5 Å². The van der Waals surface area contributed by atoms with E-state index in [1.54, 1.807) is 0 Å². The maximum atomic E-state index is 5.34. The van der Waals surface area contributed by atoms with Gasteiger partial charge in [0.25, 0.3) is 0 Å². The highest BCUT2D eigenvalue weighted by Crippen LogP contribution is 2.18. The quantitative estimate of drug-likeness (QED) is 0.782. The van der Waals surface area contributed by atoms with Crippen LogP contribution in [0, 0.1) is 18.3 Å². The summed E-state index contributed by atoms with van der Waals surface area (Å²) < 4.78 is 2.24. The Morgan fingerprint density at radius 3 is 2.89 bits per heavy atom. The summed E-state index contributed by atoms with van der Waals surface area (Å²) in [4.78, 5) is 0. The van der Waals surface area contributed by atoms with Gasteiger partial charge in [0.05, 0.1) is 0 Å². The standard InChI is InChI=1S/C17H22N2/c1-4-5-9-19-10-8-16-7-6-15(11-17(16)19)13-18-12-14(2)3/h1,6-8,10-11,14,18H,5,9,12-13H2,2-3H3. The lowest BCUT2D eigenvalue weighted by atomic mass is 10.1. The zero-order valence-corrected chi connectivity index (χ0v) is 11.8. The van der Waals surface area contributed by atoms with E-state index in [-0.39, 0.29) is 0 Å². The fraction of sp³-hybridized carbons (Fsp3) is 0.412. The molecule has 0 bridgehead atoms. The number of aryl methyl sites for hydroxylation is 1. The van der Waals surface area contributed by atoms with E-state index in [2.05, 4.69) is 60.1 Å². The molecule has 0 aliphatic heterocycles. The van der Waals surface area contributed by atoms with Gasteiger partial charge in [0.15, 0.2) is 0 Å². The third kappa shape index (κ3) is 3.62. The van der Waals surface area contributed by atoms with E-state index in [9.17, 15) is 0 Å². The van der Waals surface area contributed by atoms with Crippen LogP contribution in [0.4, 0.5) is 0 Å². The van der Waals surface area contributed by atoms with E-state index >= 15 is 0 Å². The average molecular weight is 254 g/mol. The fourth-order valence-electron chi connectivity index (χ4n) is 2.22. The van der Waals surface area contributed by atoms with Gasteiger partial charge in [-0.1, -0.05) is 26.0 Å². The Kier molecular flexibility index (Phi) is 4.65. The maximum absolute atomic E-state index is 5.34. The van der Waals surface area contributed by atoms with Gasteiger partial charge < -0.3 is 9.88 Å². The fourth-order valence-corrected chi connectivity index (χ4v) is 2.22. The second-order valence-electron chi connectivity index (χ2n) is 5.38. The summed E-state index contributed by atoms with van der Waals surface area (Å²) in [5.74, 6) is 3.38. The molecule has 0 radical (unpaired) electrons. The number of fused-ring (bicyclic) bond motifs is 1. The van der Waals surface area contributed by atoms with Crippen LogP contribution in [-0.4, -0.2) is 11.1 Å². The van der Waals surface area contributed by atoms with Gasteiger partial charge >= 0.3 is 0 Å². The molecule has 0 aliphatic carbocycles. The minimum absolute atomic E-state index is 0.684. The van der Waals surface area contributed by atoms with Crippen molar-refractivity contribution < 1.29 is 0 Å². The predicted octanol–water partition coefficient (Wildman–Crippen LogP) is 3.41. The minimum atomic E-state index is 0.684. The molecule has 2 nitrogen and oxygen atoms in total. The van der Waals surface area contributed by atoms with Gasteiger partial charge in [-0.15, -0.1) is 12.3 Å². The molecule has 1 aromatic carbocycles. The number of benzene rings is 1. The molecule has 0 unspecified atom stereocenters. The first kappa shape index (κ1) is 13.7. The van der Waals surface area contributed by atoms with E-state index < -0.39 is 0 Å². The molecule has 1 heterocycles. The molecule has 2 rings (SSSR count). The molecule has 0 amide bonds. The number of aromatic nitrogens is 1. The normalized spacial score (nSPS) is 11.1. The van der Waals surface area contributed by atoms with E-state index in [0.717, 1.165) is 26.1 Å². The van der Waals surface area contributed by atoms with Crippen LogP contribution < -0.4 is 5.32 Å². The van der Waals surface area contributed by atoms with Gasteiger partial charge in [0.2, 0.25) is 0 Å². The zero-order chi connectivity index (χ0) is 13.7. The highest BCUT2D eigenvalue weighted by atomic mass is 14.9. The smallest absolute Gasteiger partial charge is 0.0483 e. The van der Waals surface area contributed by atoms with Gasteiger partial charge in [-0.25, -0.2) is 0 Å². The molecule has 0 spiro atoms. The first-order valence-electron chi connectivity index (χ1n) is 6.92. The Hall–Kier alpha value is -1.72. The van der Waals surface area contributed by atoms with E-state index in [0.29, 0.717) is 5.92 Å². The number of nitrogens with one attached hydrogen (secondary N) is 1. The van der Waals surface area contributed by atoms with Crippen molar-refractivity contribution in [1.82, 2.24) is 9.88 Å². The summed E-state index contributed by atoms with van der Waals surface area (Å²) in [6, 6.07) is 8.80. The molecule has 0 fully saturated rings. The summed E-state index contributed by atoms with van der Waals surface area (Å²) in [6.45, 7) is 7.32. The second kappa shape index (κ2) is 6.45. The largest absolute Gasteiger partial charge is 0.347 e. The van der Waals surface area contributed by atoms with Crippen molar-refractivity contribution in [2.45, 2.75) is 33.4 Å².